The molecule has 0 amide bonds. The molecule has 0 spiro atoms. The summed E-state index contributed by atoms with van der Waals surface area (Å²) in [4.78, 5) is 2.58. The van der Waals surface area contributed by atoms with Crippen molar-refractivity contribution in [2.24, 2.45) is 11.8 Å². The predicted molar refractivity (Wildman–Crippen MR) is 64.2 cm³/mol. The number of rotatable bonds is 1. The first-order valence-corrected chi connectivity index (χ1v) is 6.14. The summed E-state index contributed by atoms with van der Waals surface area (Å²) in [7, 11) is 0. The van der Waals surface area contributed by atoms with Crippen molar-refractivity contribution in [3.05, 3.63) is 29.8 Å². The van der Waals surface area contributed by atoms with Crippen LogP contribution < -0.4 is 4.90 Å². The summed E-state index contributed by atoms with van der Waals surface area (Å²) < 4.78 is 0. The van der Waals surface area contributed by atoms with Crippen LogP contribution in [0.25, 0.3) is 0 Å². The summed E-state index contributed by atoms with van der Waals surface area (Å²) >= 11 is 0. The quantitative estimate of drug-likeness (QED) is 0.674. The van der Waals surface area contributed by atoms with Gasteiger partial charge in [0.2, 0.25) is 0 Å². The number of hydrogen-bond acceptors (Lipinski definition) is 1. The molecule has 1 saturated heterocycles. The van der Waals surface area contributed by atoms with Crippen LogP contribution in [0, 0.1) is 18.8 Å². The first-order valence-electron chi connectivity index (χ1n) is 6.14. The minimum Gasteiger partial charge on any atom is -0.371 e. The molecule has 0 bridgehead atoms. The van der Waals surface area contributed by atoms with Gasteiger partial charge in [-0.05, 0) is 43.7 Å². The minimum atomic E-state index is 0.992. The van der Waals surface area contributed by atoms with Gasteiger partial charge in [0, 0.05) is 18.8 Å². The third-order valence-corrected chi connectivity index (χ3v) is 4.13. The number of aryl methyl sites for hydroxylation is 1. The van der Waals surface area contributed by atoms with E-state index in [-0.39, 0.29) is 0 Å². The zero-order chi connectivity index (χ0) is 10.3. The molecule has 2 aliphatic rings. The first kappa shape index (κ1) is 9.26. The van der Waals surface area contributed by atoms with Gasteiger partial charge >= 0.3 is 0 Å². The van der Waals surface area contributed by atoms with Crippen molar-refractivity contribution in [3.63, 3.8) is 0 Å². The molecule has 0 N–H and O–H groups in total. The molecular weight excluding hydrogens is 182 g/mol. The summed E-state index contributed by atoms with van der Waals surface area (Å²) in [5.41, 5.74) is 2.79. The van der Waals surface area contributed by atoms with E-state index in [9.17, 15) is 0 Å². The Bertz CT molecular complexity index is 329. The Kier molecular flexibility index (Phi) is 2.19. The van der Waals surface area contributed by atoms with Crippen molar-refractivity contribution in [1.82, 2.24) is 0 Å². The van der Waals surface area contributed by atoms with Gasteiger partial charge in [-0.1, -0.05) is 24.1 Å². The Hall–Kier alpha value is -0.980. The molecule has 1 heterocycles. The molecule has 0 radical (unpaired) electrons. The van der Waals surface area contributed by atoms with Crippen LogP contribution in [-0.4, -0.2) is 13.1 Å². The maximum absolute atomic E-state index is 2.58. The van der Waals surface area contributed by atoms with E-state index in [2.05, 4.69) is 36.1 Å². The van der Waals surface area contributed by atoms with Crippen LogP contribution in [0.15, 0.2) is 24.3 Å². The van der Waals surface area contributed by atoms with E-state index in [0.29, 0.717) is 0 Å². The Labute approximate surface area is 92.1 Å². The topological polar surface area (TPSA) is 3.24 Å². The largest absolute Gasteiger partial charge is 0.371 e. The van der Waals surface area contributed by atoms with Gasteiger partial charge in [-0.25, -0.2) is 0 Å². The molecule has 1 aliphatic heterocycles. The fourth-order valence-corrected chi connectivity index (χ4v) is 3.20. The minimum absolute atomic E-state index is 0.992. The van der Waals surface area contributed by atoms with Crippen molar-refractivity contribution in [2.45, 2.75) is 26.2 Å². The molecule has 2 atom stereocenters. The smallest absolute Gasteiger partial charge is 0.0366 e. The third kappa shape index (κ3) is 1.64. The third-order valence-electron chi connectivity index (χ3n) is 4.13. The average Bonchev–Trinajstić information content (AvgIpc) is 2.78. The van der Waals surface area contributed by atoms with Crippen LogP contribution in [0.2, 0.25) is 0 Å². The lowest BCUT2D eigenvalue weighted by Crippen LogP contribution is -2.20. The molecule has 1 aliphatic carbocycles. The van der Waals surface area contributed by atoms with Gasteiger partial charge in [0.25, 0.3) is 0 Å². The van der Waals surface area contributed by atoms with Crippen LogP contribution in [-0.2, 0) is 0 Å². The molecule has 0 unspecified atom stereocenters. The van der Waals surface area contributed by atoms with Gasteiger partial charge in [0.05, 0.1) is 0 Å². The Morgan fingerprint density at radius 3 is 2.20 bits per heavy atom. The van der Waals surface area contributed by atoms with Crippen molar-refractivity contribution in [3.8, 4) is 0 Å². The van der Waals surface area contributed by atoms with Gasteiger partial charge in [0.15, 0.2) is 0 Å². The Morgan fingerprint density at radius 1 is 1.00 bits per heavy atom. The molecule has 1 nitrogen and oxygen atoms in total. The summed E-state index contributed by atoms with van der Waals surface area (Å²) in [5, 5.41) is 0. The molecular formula is C14H19N. The second kappa shape index (κ2) is 3.55. The molecule has 1 heteroatoms. The van der Waals surface area contributed by atoms with Gasteiger partial charge < -0.3 is 4.90 Å². The summed E-state index contributed by atoms with van der Waals surface area (Å²) in [5.74, 6) is 1.98. The van der Waals surface area contributed by atoms with Gasteiger partial charge in [0.1, 0.15) is 0 Å². The Morgan fingerprint density at radius 2 is 1.60 bits per heavy atom. The van der Waals surface area contributed by atoms with E-state index in [1.54, 1.807) is 0 Å². The van der Waals surface area contributed by atoms with E-state index < -0.39 is 0 Å². The van der Waals surface area contributed by atoms with Crippen LogP contribution in [0.5, 0.6) is 0 Å². The Balaban J connectivity index is 1.76. The van der Waals surface area contributed by atoms with E-state index in [1.807, 2.05) is 0 Å². The highest BCUT2D eigenvalue weighted by Crippen LogP contribution is 2.39. The van der Waals surface area contributed by atoms with E-state index in [4.69, 9.17) is 0 Å². The maximum atomic E-state index is 2.58. The van der Waals surface area contributed by atoms with Crippen LogP contribution in [0.3, 0.4) is 0 Å². The number of fused-ring (bicyclic) bond motifs is 1. The molecule has 80 valence electrons. The molecule has 3 rings (SSSR count). The lowest BCUT2D eigenvalue weighted by atomic mass is 10.0. The summed E-state index contributed by atoms with van der Waals surface area (Å²) in [6.45, 7) is 4.75. The maximum Gasteiger partial charge on any atom is 0.0366 e. The highest BCUT2D eigenvalue weighted by atomic mass is 15.2. The zero-order valence-corrected chi connectivity index (χ0v) is 9.45. The summed E-state index contributed by atoms with van der Waals surface area (Å²) in [6, 6.07) is 9.00. The highest BCUT2D eigenvalue weighted by Gasteiger charge is 2.35. The van der Waals surface area contributed by atoms with Crippen molar-refractivity contribution < 1.29 is 0 Å². The van der Waals surface area contributed by atoms with Gasteiger partial charge in [-0.3, -0.25) is 0 Å². The van der Waals surface area contributed by atoms with E-state index >= 15 is 0 Å². The molecule has 15 heavy (non-hydrogen) atoms. The second-order valence-corrected chi connectivity index (χ2v) is 5.19. The van der Waals surface area contributed by atoms with Crippen molar-refractivity contribution in [2.75, 3.05) is 18.0 Å². The monoisotopic (exact) mass is 201 g/mol. The molecule has 1 aromatic carbocycles. The average molecular weight is 201 g/mol. The number of hydrogen-bond donors (Lipinski definition) is 0. The lowest BCUT2D eigenvalue weighted by Gasteiger charge is -2.19. The normalized spacial score (nSPS) is 29.5. The first-order chi connectivity index (χ1) is 7.33. The number of anilines is 1. The lowest BCUT2D eigenvalue weighted by molar-refractivity contribution is 0.494. The number of benzene rings is 1. The number of nitrogens with zero attached hydrogens (tertiary/aromatic N) is 1. The summed E-state index contributed by atoms with van der Waals surface area (Å²) in [6.07, 6.45) is 4.40. The standard InChI is InChI=1S/C14H19N/c1-11-5-7-14(8-6-11)15-9-12-3-2-4-13(12)10-15/h5-8,12-13H,2-4,9-10H2,1H3/t12-,13+. The van der Waals surface area contributed by atoms with E-state index in [0.717, 1.165) is 11.8 Å². The van der Waals surface area contributed by atoms with Crippen molar-refractivity contribution >= 4 is 5.69 Å². The molecule has 1 aromatic rings. The van der Waals surface area contributed by atoms with E-state index in [1.165, 1.54) is 43.6 Å². The highest BCUT2D eigenvalue weighted by molar-refractivity contribution is 5.48. The van der Waals surface area contributed by atoms with Crippen molar-refractivity contribution in [1.29, 1.82) is 0 Å². The van der Waals surface area contributed by atoms with Gasteiger partial charge in [-0.15, -0.1) is 0 Å². The predicted octanol–water partition coefficient (Wildman–Crippen LogP) is 3.23. The molecule has 0 aromatic heterocycles. The fourth-order valence-electron chi connectivity index (χ4n) is 3.20. The fraction of sp³-hybridized carbons (Fsp3) is 0.571. The zero-order valence-electron chi connectivity index (χ0n) is 9.45. The second-order valence-electron chi connectivity index (χ2n) is 5.19. The SMILES string of the molecule is Cc1ccc(N2C[C@H]3CCC[C@H]3C2)cc1. The molecule has 1 saturated carbocycles. The van der Waals surface area contributed by atoms with Crippen LogP contribution in [0.4, 0.5) is 5.69 Å². The van der Waals surface area contributed by atoms with Gasteiger partial charge in [-0.2, -0.15) is 0 Å². The van der Waals surface area contributed by atoms with Crippen LogP contribution in [0.1, 0.15) is 24.8 Å². The van der Waals surface area contributed by atoms with Crippen LogP contribution >= 0.6 is 0 Å². The molecule has 2 fully saturated rings.